The van der Waals surface area contributed by atoms with Crippen LogP contribution in [0.5, 0.6) is 0 Å². The SMILES string of the molecule is CCCCCCCOCCCCCNC(C)(C)C. The van der Waals surface area contributed by atoms with Crippen LogP contribution in [0.25, 0.3) is 0 Å². The van der Waals surface area contributed by atoms with Gasteiger partial charge < -0.3 is 10.1 Å². The van der Waals surface area contributed by atoms with Crippen LogP contribution in [0, 0.1) is 0 Å². The molecule has 0 aliphatic carbocycles. The van der Waals surface area contributed by atoms with E-state index >= 15 is 0 Å². The van der Waals surface area contributed by atoms with E-state index in [1.807, 2.05) is 0 Å². The van der Waals surface area contributed by atoms with Gasteiger partial charge in [0.2, 0.25) is 0 Å². The van der Waals surface area contributed by atoms with Gasteiger partial charge in [-0.15, -0.1) is 0 Å². The van der Waals surface area contributed by atoms with Crippen molar-refractivity contribution in [3.63, 3.8) is 0 Å². The van der Waals surface area contributed by atoms with Crippen molar-refractivity contribution in [3.05, 3.63) is 0 Å². The maximum Gasteiger partial charge on any atom is 0.0466 e. The Bertz CT molecular complexity index is 163. The molecule has 0 atom stereocenters. The van der Waals surface area contributed by atoms with Gasteiger partial charge in [-0.25, -0.2) is 0 Å². The van der Waals surface area contributed by atoms with Gasteiger partial charge in [-0.3, -0.25) is 0 Å². The van der Waals surface area contributed by atoms with Crippen molar-refractivity contribution in [2.75, 3.05) is 19.8 Å². The van der Waals surface area contributed by atoms with Gasteiger partial charge in [0.25, 0.3) is 0 Å². The van der Waals surface area contributed by atoms with E-state index < -0.39 is 0 Å². The Balaban J connectivity index is 2.99. The lowest BCUT2D eigenvalue weighted by atomic mass is 10.1. The molecule has 0 saturated heterocycles. The molecule has 110 valence electrons. The van der Waals surface area contributed by atoms with E-state index in [-0.39, 0.29) is 5.54 Å². The van der Waals surface area contributed by atoms with E-state index in [1.54, 1.807) is 0 Å². The minimum Gasteiger partial charge on any atom is -0.381 e. The first-order valence-corrected chi connectivity index (χ1v) is 7.89. The molecular formula is C16H35NO. The molecule has 0 saturated carbocycles. The second kappa shape index (κ2) is 12.0. The average molecular weight is 257 g/mol. The monoisotopic (exact) mass is 257 g/mol. The zero-order valence-corrected chi connectivity index (χ0v) is 13.2. The second-order valence-electron chi connectivity index (χ2n) is 6.26. The molecule has 0 rings (SSSR count). The van der Waals surface area contributed by atoms with Crippen molar-refractivity contribution in [3.8, 4) is 0 Å². The summed E-state index contributed by atoms with van der Waals surface area (Å²) in [6.07, 6.45) is 10.4. The lowest BCUT2D eigenvalue weighted by Gasteiger charge is -2.20. The maximum absolute atomic E-state index is 5.64. The fraction of sp³-hybridized carbons (Fsp3) is 1.00. The highest BCUT2D eigenvalue weighted by Crippen LogP contribution is 2.03. The largest absolute Gasteiger partial charge is 0.381 e. The number of hydrogen-bond acceptors (Lipinski definition) is 2. The van der Waals surface area contributed by atoms with Gasteiger partial charge in [-0.1, -0.05) is 32.6 Å². The van der Waals surface area contributed by atoms with Gasteiger partial charge in [0.1, 0.15) is 0 Å². The van der Waals surface area contributed by atoms with Crippen molar-refractivity contribution in [2.24, 2.45) is 0 Å². The molecule has 0 heterocycles. The molecule has 0 aliphatic rings. The first-order chi connectivity index (χ1) is 8.56. The van der Waals surface area contributed by atoms with Crippen LogP contribution in [-0.4, -0.2) is 25.3 Å². The van der Waals surface area contributed by atoms with Gasteiger partial charge in [0.15, 0.2) is 0 Å². The summed E-state index contributed by atoms with van der Waals surface area (Å²) in [6, 6.07) is 0. The van der Waals surface area contributed by atoms with E-state index in [9.17, 15) is 0 Å². The summed E-state index contributed by atoms with van der Waals surface area (Å²) < 4.78 is 5.64. The lowest BCUT2D eigenvalue weighted by Crippen LogP contribution is -2.36. The second-order valence-corrected chi connectivity index (χ2v) is 6.26. The molecule has 0 spiro atoms. The predicted molar refractivity (Wildman–Crippen MR) is 81.2 cm³/mol. The lowest BCUT2D eigenvalue weighted by molar-refractivity contribution is 0.125. The smallest absolute Gasteiger partial charge is 0.0466 e. The molecule has 0 amide bonds. The molecular weight excluding hydrogens is 222 g/mol. The molecule has 0 bridgehead atoms. The number of nitrogens with one attached hydrogen (secondary N) is 1. The van der Waals surface area contributed by atoms with Crippen LogP contribution in [-0.2, 0) is 4.74 Å². The van der Waals surface area contributed by atoms with E-state index in [0.717, 1.165) is 19.8 Å². The third-order valence-electron chi connectivity index (χ3n) is 3.01. The summed E-state index contributed by atoms with van der Waals surface area (Å²) in [5, 5.41) is 3.51. The normalized spacial score (nSPS) is 12.0. The van der Waals surface area contributed by atoms with Gasteiger partial charge in [-0.05, 0) is 53.0 Å². The van der Waals surface area contributed by atoms with Crippen LogP contribution in [0.1, 0.15) is 79.1 Å². The summed E-state index contributed by atoms with van der Waals surface area (Å²) in [6.45, 7) is 11.9. The van der Waals surface area contributed by atoms with Crippen molar-refractivity contribution in [2.45, 2.75) is 84.6 Å². The Kier molecular flexibility index (Phi) is 11.9. The van der Waals surface area contributed by atoms with Crippen LogP contribution >= 0.6 is 0 Å². The highest BCUT2D eigenvalue weighted by atomic mass is 16.5. The summed E-state index contributed by atoms with van der Waals surface area (Å²) in [5.74, 6) is 0. The molecule has 0 aromatic heterocycles. The van der Waals surface area contributed by atoms with E-state index in [1.165, 1.54) is 51.4 Å². The third kappa shape index (κ3) is 15.9. The molecule has 2 nitrogen and oxygen atoms in total. The Morgan fingerprint density at radius 2 is 1.33 bits per heavy atom. The molecule has 0 aromatic rings. The predicted octanol–water partition coefficient (Wildman–Crippen LogP) is 4.53. The first-order valence-electron chi connectivity index (χ1n) is 7.89. The molecule has 18 heavy (non-hydrogen) atoms. The van der Waals surface area contributed by atoms with Gasteiger partial charge >= 0.3 is 0 Å². The summed E-state index contributed by atoms with van der Waals surface area (Å²) >= 11 is 0. The van der Waals surface area contributed by atoms with Crippen LogP contribution in [0.3, 0.4) is 0 Å². The molecule has 2 heteroatoms. The number of rotatable bonds is 12. The zero-order valence-electron chi connectivity index (χ0n) is 13.2. The summed E-state index contributed by atoms with van der Waals surface area (Å²) in [5.41, 5.74) is 0.259. The number of unbranched alkanes of at least 4 members (excludes halogenated alkanes) is 6. The van der Waals surface area contributed by atoms with Gasteiger partial charge in [-0.2, -0.15) is 0 Å². The molecule has 0 fully saturated rings. The fourth-order valence-electron chi connectivity index (χ4n) is 1.88. The maximum atomic E-state index is 5.64. The number of hydrogen-bond donors (Lipinski definition) is 1. The zero-order chi connectivity index (χ0) is 13.7. The van der Waals surface area contributed by atoms with Gasteiger partial charge in [0, 0.05) is 18.8 Å². The van der Waals surface area contributed by atoms with Crippen molar-refractivity contribution < 1.29 is 4.74 Å². The fourth-order valence-corrected chi connectivity index (χ4v) is 1.88. The van der Waals surface area contributed by atoms with Crippen molar-refractivity contribution >= 4 is 0 Å². The van der Waals surface area contributed by atoms with Crippen LogP contribution < -0.4 is 5.32 Å². The molecule has 0 radical (unpaired) electrons. The molecule has 0 aliphatic heterocycles. The highest BCUT2D eigenvalue weighted by molar-refractivity contribution is 4.69. The highest BCUT2D eigenvalue weighted by Gasteiger charge is 2.06. The quantitative estimate of drug-likeness (QED) is 0.519. The van der Waals surface area contributed by atoms with E-state index in [4.69, 9.17) is 4.74 Å². The topological polar surface area (TPSA) is 21.3 Å². The van der Waals surface area contributed by atoms with Gasteiger partial charge in [0.05, 0.1) is 0 Å². The number of ether oxygens (including phenoxy) is 1. The third-order valence-corrected chi connectivity index (χ3v) is 3.01. The minimum absolute atomic E-state index is 0.259. The van der Waals surface area contributed by atoms with Crippen LogP contribution in [0.15, 0.2) is 0 Å². The summed E-state index contributed by atoms with van der Waals surface area (Å²) in [7, 11) is 0. The average Bonchev–Trinajstić information content (AvgIpc) is 2.29. The van der Waals surface area contributed by atoms with Crippen LogP contribution in [0.2, 0.25) is 0 Å². The molecule has 0 unspecified atom stereocenters. The Labute approximate surface area is 115 Å². The Hall–Kier alpha value is -0.0800. The van der Waals surface area contributed by atoms with Crippen molar-refractivity contribution in [1.29, 1.82) is 0 Å². The van der Waals surface area contributed by atoms with Crippen LogP contribution in [0.4, 0.5) is 0 Å². The summed E-state index contributed by atoms with van der Waals surface area (Å²) in [4.78, 5) is 0. The molecule has 0 aromatic carbocycles. The Morgan fingerprint density at radius 3 is 1.89 bits per heavy atom. The van der Waals surface area contributed by atoms with Crippen molar-refractivity contribution in [1.82, 2.24) is 5.32 Å². The van der Waals surface area contributed by atoms with E-state index in [2.05, 4.69) is 33.0 Å². The Morgan fingerprint density at radius 1 is 0.778 bits per heavy atom. The first kappa shape index (κ1) is 17.9. The minimum atomic E-state index is 0.259. The standard InChI is InChI=1S/C16H35NO/c1-5-6-7-8-11-14-18-15-12-9-10-13-17-16(2,3)4/h17H,5-15H2,1-4H3. The molecule has 1 N–H and O–H groups in total. The van der Waals surface area contributed by atoms with E-state index in [0.29, 0.717) is 0 Å².